The maximum atomic E-state index is 12.4. The van der Waals surface area contributed by atoms with E-state index in [1.165, 1.54) is 23.1 Å². The molecule has 4 aromatic rings. The number of nitrogens with zero attached hydrogens (tertiary/aromatic N) is 4. The van der Waals surface area contributed by atoms with Crippen molar-refractivity contribution in [3.8, 4) is 22.9 Å². The summed E-state index contributed by atoms with van der Waals surface area (Å²) in [4.78, 5) is 16.8. The molecule has 0 bridgehead atoms. The molecule has 0 saturated heterocycles. The molecule has 4 rings (SSSR count). The van der Waals surface area contributed by atoms with Gasteiger partial charge in [-0.1, -0.05) is 23.1 Å². The monoisotopic (exact) mass is 441 g/mol. The minimum atomic E-state index is -0.153. The highest BCUT2D eigenvalue weighted by Gasteiger charge is 2.14. The summed E-state index contributed by atoms with van der Waals surface area (Å²) in [6.45, 7) is 0. The van der Waals surface area contributed by atoms with Gasteiger partial charge in [-0.2, -0.15) is 0 Å². The summed E-state index contributed by atoms with van der Waals surface area (Å²) >= 11 is 2.73. The van der Waals surface area contributed by atoms with Gasteiger partial charge in [-0.3, -0.25) is 4.79 Å². The number of carbonyl (C=O) groups excluding carboxylic acids is 1. The van der Waals surface area contributed by atoms with Gasteiger partial charge in [-0.05, 0) is 42.5 Å². The maximum Gasteiger partial charge on any atom is 0.236 e. The van der Waals surface area contributed by atoms with Crippen LogP contribution >= 0.6 is 23.1 Å². The number of amides is 1. The van der Waals surface area contributed by atoms with E-state index in [0.717, 1.165) is 33.1 Å². The molecule has 2 heterocycles. The van der Waals surface area contributed by atoms with E-state index in [4.69, 9.17) is 9.47 Å². The van der Waals surface area contributed by atoms with Crippen molar-refractivity contribution in [3.05, 3.63) is 42.5 Å². The number of thioether (sulfide) groups is 1. The lowest BCUT2D eigenvalue weighted by Gasteiger charge is -2.05. The lowest BCUT2D eigenvalue weighted by Crippen LogP contribution is -2.14. The largest absolute Gasteiger partial charge is 0.497 e. The van der Waals surface area contributed by atoms with Crippen LogP contribution in [0.3, 0.4) is 0 Å². The van der Waals surface area contributed by atoms with Gasteiger partial charge in [0.15, 0.2) is 16.1 Å². The van der Waals surface area contributed by atoms with Crippen LogP contribution < -0.4 is 14.8 Å². The molecule has 2 aromatic heterocycles. The fourth-order valence-electron chi connectivity index (χ4n) is 2.80. The van der Waals surface area contributed by atoms with Crippen molar-refractivity contribution in [2.24, 2.45) is 7.05 Å². The van der Waals surface area contributed by atoms with Crippen LogP contribution in [0.25, 0.3) is 21.6 Å². The Balaban J connectivity index is 1.39. The van der Waals surface area contributed by atoms with E-state index in [2.05, 4.69) is 20.5 Å². The van der Waals surface area contributed by atoms with Crippen LogP contribution in [0.5, 0.6) is 11.5 Å². The Labute approximate surface area is 181 Å². The predicted molar refractivity (Wildman–Crippen MR) is 119 cm³/mol. The Hall–Kier alpha value is -3.11. The van der Waals surface area contributed by atoms with Crippen molar-refractivity contribution < 1.29 is 14.3 Å². The topological polar surface area (TPSA) is 91.2 Å². The van der Waals surface area contributed by atoms with E-state index in [-0.39, 0.29) is 11.7 Å². The summed E-state index contributed by atoms with van der Waals surface area (Å²) in [5.74, 6) is 2.31. The highest BCUT2D eigenvalue weighted by molar-refractivity contribution is 7.99. The minimum Gasteiger partial charge on any atom is -0.497 e. The van der Waals surface area contributed by atoms with Crippen LogP contribution in [0.15, 0.2) is 47.6 Å². The number of hydrogen-bond donors (Lipinski definition) is 1. The van der Waals surface area contributed by atoms with Crippen molar-refractivity contribution in [1.82, 2.24) is 19.7 Å². The number of methoxy groups -OCH3 is 2. The number of ether oxygens (including phenoxy) is 2. The molecule has 2 aromatic carbocycles. The summed E-state index contributed by atoms with van der Waals surface area (Å²) in [5.41, 5.74) is 1.74. The molecule has 0 radical (unpaired) electrons. The van der Waals surface area contributed by atoms with Gasteiger partial charge in [-0.25, -0.2) is 4.98 Å². The van der Waals surface area contributed by atoms with Crippen LogP contribution in [-0.2, 0) is 11.8 Å². The molecule has 0 aliphatic carbocycles. The summed E-state index contributed by atoms with van der Waals surface area (Å²) < 4.78 is 13.2. The molecule has 0 spiro atoms. The van der Waals surface area contributed by atoms with Crippen LogP contribution in [0.1, 0.15) is 0 Å². The van der Waals surface area contributed by atoms with Gasteiger partial charge in [0.25, 0.3) is 0 Å². The zero-order valence-electron chi connectivity index (χ0n) is 16.6. The molecule has 1 N–H and O–H groups in total. The van der Waals surface area contributed by atoms with Crippen molar-refractivity contribution in [2.75, 3.05) is 25.3 Å². The first-order valence-corrected chi connectivity index (χ1v) is 10.8. The lowest BCUT2D eigenvalue weighted by molar-refractivity contribution is -0.113. The number of benzene rings is 2. The quantitative estimate of drug-likeness (QED) is 0.436. The number of hydrogen-bond acceptors (Lipinski definition) is 8. The zero-order valence-corrected chi connectivity index (χ0v) is 18.2. The summed E-state index contributed by atoms with van der Waals surface area (Å²) in [5, 5.41) is 12.5. The molecule has 10 heteroatoms. The molecule has 0 aliphatic heterocycles. The zero-order chi connectivity index (χ0) is 21.1. The average molecular weight is 442 g/mol. The van der Waals surface area contributed by atoms with Crippen molar-refractivity contribution in [2.45, 2.75) is 5.16 Å². The number of rotatable bonds is 7. The minimum absolute atomic E-state index is 0.153. The molecule has 8 nitrogen and oxygen atoms in total. The van der Waals surface area contributed by atoms with Gasteiger partial charge in [0.1, 0.15) is 11.5 Å². The van der Waals surface area contributed by atoms with Crippen LogP contribution in [0.2, 0.25) is 0 Å². The van der Waals surface area contributed by atoms with E-state index in [0.29, 0.717) is 10.3 Å². The maximum absolute atomic E-state index is 12.4. The Bertz CT molecular complexity index is 1190. The molecule has 0 aliphatic rings. The van der Waals surface area contributed by atoms with Crippen LogP contribution in [0, 0.1) is 0 Å². The van der Waals surface area contributed by atoms with E-state index in [9.17, 15) is 4.79 Å². The van der Waals surface area contributed by atoms with Crippen molar-refractivity contribution in [1.29, 1.82) is 0 Å². The second-order valence-corrected chi connectivity index (χ2v) is 8.26. The Morgan fingerprint density at radius 3 is 2.57 bits per heavy atom. The Morgan fingerprint density at radius 2 is 1.83 bits per heavy atom. The molecule has 0 unspecified atom stereocenters. The second kappa shape index (κ2) is 8.72. The molecular formula is C20H19N5O3S2. The molecule has 0 saturated carbocycles. The fraction of sp³-hybridized carbons (Fsp3) is 0.200. The smallest absolute Gasteiger partial charge is 0.236 e. The number of aromatic nitrogens is 4. The number of nitrogens with one attached hydrogen (secondary N) is 1. The number of carbonyl (C=O) groups is 1. The molecule has 30 heavy (non-hydrogen) atoms. The number of thiazole rings is 1. The van der Waals surface area contributed by atoms with Crippen molar-refractivity contribution >= 4 is 44.4 Å². The first kappa shape index (κ1) is 20.2. The van der Waals surface area contributed by atoms with Gasteiger partial charge in [0.2, 0.25) is 5.91 Å². The van der Waals surface area contributed by atoms with Gasteiger partial charge in [-0.15, -0.1) is 10.2 Å². The van der Waals surface area contributed by atoms with Gasteiger partial charge in [0, 0.05) is 12.6 Å². The van der Waals surface area contributed by atoms with E-state index in [1.807, 2.05) is 54.1 Å². The fourth-order valence-corrected chi connectivity index (χ4v) is 4.42. The van der Waals surface area contributed by atoms with Crippen LogP contribution in [0.4, 0.5) is 5.13 Å². The number of fused-ring (bicyclic) bond motifs is 1. The molecular weight excluding hydrogens is 422 g/mol. The summed E-state index contributed by atoms with van der Waals surface area (Å²) in [6, 6.07) is 13.2. The third-order valence-electron chi connectivity index (χ3n) is 4.36. The standard InChI is InChI=1S/C20H19N5O3S2/c1-25-18(12-4-6-13(27-2)7-5-12)23-24-20(25)29-11-17(26)22-19-21-15-9-8-14(28-3)10-16(15)30-19/h4-10H,11H2,1-3H3,(H,21,22,26). The molecule has 0 atom stereocenters. The summed E-state index contributed by atoms with van der Waals surface area (Å²) in [7, 11) is 5.12. The Morgan fingerprint density at radius 1 is 1.10 bits per heavy atom. The van der Waals surface area contributed by atoms with E-state index >= 15 is 0 Å². The Kier molecular flexibility index (Phi) is 5.86. The van der Waals surface area contributed by atoms with Gasteiger partial charge < -0.3 is 19.4 Å². The lowest BCUT2D eigenvalue weighted by atomic mass is 10.2. The second-order valence-electron chi connectivity index (χ2n) is 6.28. The third kappa shape index (κ3) is 4.24. The first-order valence-electron chi connectivity index (χ1n) is 8.98. The highest BCUT2D eigenvalue weighted by Crippen LogP contribution is 2.29. The molecule has 154 valence electrons. The first-order chi connectivity index (χ1) is 14.6. The normalized spacial score (nSPS) is 10.9. The average Bonchev–Trinajstić information content (AvgIpc) is 3.34. The third-order valence-corrected chi connectivity index (χ3v) is 6.31. The summed E-state index contributed by atoms with van der Waals surface area (Å²) in [6.07, 6.45) is 0. The predicted octanol–water partition coefficient (Wildman–Crippen LogP) is 3.84. The molecule has 0 fully saturated rings. The number of anilines is 1. The highest BCUT2D eigenvalue weighted by atomic mass is 32.2. The molecule has 1 amide bonds. The van der Waals surface area contributed by atoms with Gasteiger partial charge in [0.05, 0.1) is 30.2 Å². The van der Waals surface area contributed by atoms with E-state index in [1.54, 1.807) is 14.2 Å². The van der Waals surface area contributed by atoms with Crippen LogP contribution in [-0.4, -0.2) is 45.6 Å². The van der Waals surface area contributed by atoms with Crippen molar-refractivity contribution in [3.63, 3.8) is 0 Å². The SMILES string of the molecule is COc1ccc(-c2nnc(SCC(=O)Nc3nc4ccc(OC)cc4s3)n2C)cc1. The van der Waals surface area contributed by atoms with E-state index < -0.39 is 0 Å². The van der Waals surface area contributed by atoms with Gasteiger partial charge >= 0.3 is 0 Å².